The summed E-state index contributed by atoms with van der Waals surface area (Å²) in [7, 11) is -3.10. The number of likely N-dealkylation sites (tertiary alicyclic amines) is 1. The van der Waals surface area contributed by atoms with Crippen LogP contribution in [0.2, 0.25) is 0 Å². The number of hydrogen-bond donors (Lipinski definition) is 0. The number of nitrogens with zero attached hydrogens (tertiary/aromatic N) is 1. The van der Waals surface area contributed by atoms with Crippen LogP contribution in [-0.2, 0) is 9.84 Å². The van der Waals surface area contributed by atoms with Crippen LogP contribution in [0.25, 0.3) is 10.4 Å². The van der Waals surface area contributed by atoms with Gasteiger partial charge < -0.3 is 4.90 Å². The smallest absolute Gasteiger partial charge is 0.253 e. The molecule has 1 aromatic carbocycles. The van der Waals surface area contributed by atoms with E-state index in [-0.39, 0.29) is 17.6 Å². The van der Waals surface area contributed by atoms with Gasteiger partial charge in [0, 0.05) is 23.5 Å². The minimum absolute atomic E-state index is 0.0938. The Kier molecular flexibility index (Phi) is 4.78. The molecule has 2 aromatic rings. The van der Waals surface area contributed by atoms with Gasteiger partial charge in [0.1, 0.15) is 0 Å². The van der Waals surface area contributed by atoms with Crippen LogP contribution in [0.15, 0.2) is 41.8 Å². The van der Waals surface area contributed by atoms with E-state index >= 15 is 0 Å². The van der Waals surface area contributed by atoms with Gasteiger partial charge in [0.25, 0.3) is 5.91 Å². The van der Waals surface area contributed by atoms with Gasteiger partial charge in [0.2, 0.25) is 0 Å². The molecule has 0 saturated carbocycles. The molecule has 6 heteroatoms. The third kappa shape index (κ3) is 3.54. The van der Waals surface area contributed by atoms with Crippen LogP contribution in [0.3, 0.4) is 0 Å². The van der Waals surface area contributed by atoms with Crippen molar-refractivity contribution in [1.82, 2.24) is 4.90 Å². The predicted octanol–water partition coefficient (Wildman–Crippen LogP) is 3.31. The van der Waals surface area contributed by atoms with Gasteiger partial charge in [0.15, 0.2) is 9.84 Å². The molecule has 1 saturated heterocycles. The highest BCUT2D eigenvalue weighted by molar-refractivity contribution is 7.92. The average molecular weight is 364 g/mol. The maximum absolute atomic E-state index is 12.5. The Morgan fingerprint density at radius 3 is 2.42 bits per heavy atom. The van der Waals surface area contributed by atoms with Crippen molar-refractivity contribution in [2.45, 2.75) is 19.1 Å². The van der Waals surface area contributed by atoms with Crippen LogP contribution in [0, 0.1) is 5.92 Å². The number of amides is 1. The monoisotopic (exact) mass is 363 g/mol. The van der Waals surface area contributed by atoms with Crippen LogP contribution < -0.4 is 0 Å². The highest BCUT2D eigenvalue weighted by atomic mass is 32.2. The molecule has 1 aromatic heterocycles. The molecule has 0 aliphatic carbocycles. The number of carbonyl (C=O) groups excluding carboxylic acids is 1. The zero-order valence-electron chi connectivity index (χ0n) is 13.8. The number of rotatable bonds is 5. The van der Waals surface area contributed by atoms with E-state index in [2.05, 4.69) is 0 Å². The lowest BCUT2D eigenvalue weighted by atomic mass is 10.1. The molecular weight excluding hydrogens is 342 g/mol. The molecular formula is C18H21NO3S2. The van der Waals surface area contributed by atoms with Crippen molar-refractivity contribution in [3.8, 4) is 10.4 Å². The van der Waals surface area contributed by atoms with E-state index in [1.54, 1.807) is 16.2 Å². The second-order valence-corrected chi connectivity index (χ2v) is 9.88. The maximum atomic E-state index is 12.5. The average Bonchev–Trinajstić information content (AvgIpc) is 2.98. The van der Waals surface area contributed by atoms with Gasteiger partial charge in [-0.2, -0.15) is 0 Å². The van der Waals surface area contributed by atoms with E-state index < -0.39 is 15.1 Å². The lowest BCUT2D eigenvalue weighted by Crippen LogP contribution is -2.57. The molecule has 0 N–H and O–H groups in total. The molecule has 0 atom stereocenters. The fourth-order valence-electron chi connectivity index (χ4n) is 2.83. The van der Waals surface area contributed by atoms with Crippen molar-refractivity contribution in [1.29, 1.82) is 0 Å². The summed E-state index contributed by atoms with van der Waals surface area (Å²) < 4.78 is 24.3. The molecule has 1 amide bonds. The molecule has 0 bridgehead atoms. The van der Waals surface area contributed by atoms with Gasteiger partial charge in [-0.15, -0.1) is 11.3 Å². The summed E-state index contributed by atoms with van der Waals surface area (Å²) in [5.41, 5.74) is 1.69. The Bertz CT molecular complexity index is 802. The van der Waals surface area contributed by atoms with E-state index in [4.69, 9.17) is 0 Å². The molecule has 1 aliphatic heterocycles. The Labute approximate surface area is 147 Å². The lowest BCUT2D eigenvalue weighted by molar-refractivity contribution is 0.0659. The zero-order valence-corrected chi connectivity index (χ0v) is 15.4. The van der Waals surface area contributed by atoms with Crippen molar-refractivity contribution >= 4 is 27.1 Å². The van der Waals surface area contributed by atoms with Crippen molar-refractivity contribution in [3.63, 3.8) is 0 Å². The van der Waals surface area contributed by atoms with Gasteiger partial charge in [-0.1, -0.05) is 32.0 Å². The Morgan fingerprint density at radius 1 is 1.21 bits per heavy atom. The summed E-state index contributed by atoms with van der Waals surface area (Å²) in [4.78, 5) is 15.2. The van der Waals surface area contributed by atoms with E-state index in [1.165, 1.54) is 0 Å². The first-order chi connectivity index (χ1) is 11.4. The third-order valence-electron chi connectivity index (χ3n) is 4.15. The first-order valence-corrected chi connectivity index (χ1v) is 10.6. The number of hydrogen-bond acceptors (Lipinski definition) is 4. The highest BCUT2D eigenvalue weighted by Crippen LogP contribution is 2.26. The van der Waals surface area contributed by atoms with Crippen LogP contribution in [0.1, 0.15) is 24.2 Å². The minimum atomic E-state index is -3.10. The van der Waals surface area contributed by atoms with Crippen molar-refractivity contribution in [3.05, 3.63) is 47.3 Å². The first kappa shape index (κ1) is 17.2. The summed E-state index contributed by atoms with van der Waals surface area (Å²) >= 11 is 1.66. The maximum Gasteiger partial charge on any atom is 0.253 e. The van der Waals surface area contributed by atoms with Crippen molar-refractivity contribution in [2.24, 2.45) is 5.92 Å². The topological polar surface area (TPSA) is 54.5 Å². The molecule has 1 fully saturated rings. The van der Waals surface area contributed by atoms with Crippen molar-refractivity contribution < 1.29 is 13.2 Å². The van der Waals surface area contributed by atoms with Crippen molar-refractivity contribution in [2.75, 3.05) is 18.8 Å². The van der Waals surface area contributed by atoms with Gasteiger partial charge in [-0.25, -0.2) is 8.42 Å². The van der Waals surface area contributed by atoms with E-state index in [0.29, 0.717) is 18.7 Å². The molecule has 128 valence electrons. The Morgan fingerprint density at radius 2 is 1.88 bits per heavy atom. The zero-order chi connectivity index (χ0) is 17.3. The van der Waals surface area contributed by atoms with E-state index in [1.807, 2.05) is 55.6 Å². The number of benzene rings is 1. The van der Waals surface area contributed by atoms with Gasteiger partial charge in [-0.3, -0.25) is 4.79 Å². The number of sulfone groups is 1. The Balaban J connectivity index is 1.63. The molecule has 24 heavy (non-hydrogen) atoms. The molecule has 3 rings (SSSR count). The molecule has 1 aliphatic rings. The number of carbonyl (C=O) groups is 1. The largest absolute Gasteiger partial charge is 0.336 e. The van der Waals surface area contributed by atoms with E-state index in [0.717, 1.165) is 10.4 Å². The molecule has 2 heterocycles. The summed E-state index contributed by atoms with van der Waals surface area (Å²) in [6.45, 7) is 4.41. The molecule has 0 unspecified atom stereocenters. The predicted molar refractivity (Wildman–Crippen MR) is 98.1 cm³/mol. The molecule has 0 spiro atoms. The fourth-order valence-corrected chi connectivity index (χ4v) is 5.58. The minimum Gasteiger partial charge on any atom is -0.336 e. The fraction of sp³-hybridized carbons (Fsp3) is 0.389. The first-order valence-electron chi connectivity index (χ1n) is 8.01. The quantitative estimate of drug-likeness (QED) is 0.819. The van der Waals surface area contributed by atoms with Gasteiger partial charge in [0.05, 0.1) is 11.0 Å². The van der Waals surface area contributed by atoms with Crippen LogP contribution in [0.5, 0.6) is 0 Å². The van der Waals surface area contributed by atoms with Crippen LogP contribution >= 0.6 is 11.3 Å². The molecule has 0 radical (unpaired) electrons. The molecule has 4 nitrogen and oxygen atoms in total. The lowest BCUT2D eigenvalue weighted by Gasteiger charge is -2.39. The van der Waals surface area contributed by atoms with Gasteiger partial charge in [-0.05, 0) is 35.1 Å². The summed E-state index contributed by atoms with van der Waals surface area (Å²) in [6.07, 6.45) is 0. The second-order valence-electron chi connectivity index (χ2n) is 6.61. The summed E-state index contributed by atoms with van der Waals surface area (Å²) in [6, 6.07) is 11.5. The highest BCUT2D eigenvalue weighted by Gasteiger charge is 2.39. The second kappa shape index (κ2) is 6.69. The van der Waals surface area contributed by atoms with Crippen LogP contribution in [-0.4, -0.2) is 43.3 Å². The SMILES string of the molecule is CC(C)CS(=O)(=O)C1CN(C(=O)c2ccc(-c3cccs3)cc2)C1. The normalized spacial score (nSPS) is 15.5. The third-order valence-corrected chi connectivity index (χ3v) is 7.51. The standard InChI is InChI=1S/C18H21NO3S2/c1-13(2)12-24(21,22)16-10-19(11-16)18(20)15-7-5-14(6-8-15)17-4-3-9-23-17/h3-9,13,16H,10-12H2,1-2H3. The van der Waals surface area contributed by atoms with E-state index in [9.17, 15) is 13.2 Å². The summed E-state index contributed by atoms with van der Waals surface area (Å²) in [5, 5.41) is 1.61. The van der Waals surface area contributed by atoms with Gasteiger partial charge >= 0.3 is 0 Å². The van der Waals surface area contributed by atoms with Crippen LogP contribution in [0.4, 0.5) is 0 Å². The number of thiophene rings is 1. The Hall–Kier alpha value is -1.66. The summed E-state index contributed by atoms with van der Waals surface area (Å²) in [5.74, 6) is 0.211.